The van der Waals surface area contributed by atoms with Gasteiger partial charge in [0.1, 0.15) is 0 Å². The van der Waals surface area contributed by atoms with Gasteiger partial charge in [-0.15, -0.1) is 0 Å². The Kier molecular flexibility index (Phi) is 10.8. The zero-order valence-corrected chi connectivity index (χ0v) is 10.4. The van der Waals surface area contributed by atoms with E-state index in [0.29, 0.717) is 0 Å². The lowest BCUT2D eigenvalue weighted by atomic mass is 10.1. The average Bonchev–Trinajstić information content (AvgIpc) is 2.21. The lowest BCUT2D eigenvalue weighted by molar-refractivity contribution is 0.604. The molecule has 3 heteroatoms. The number of rotatable bonds is 8. The molecule has 0 unspecified atom stereocenters. The number of nitrogens with two attached hydrogens (primary N) is 1. The molecule has 0 aromatic rings. The van der Waals surface area contributed by atoms with Gasteiger partial charge >= 0.3 is 0 Å². The van der Waals surface area contributed by atoms with E-state index in [1.807, 2.05) is 0 Å². The maximum Gasteiger partial charge on any atom is 0.153 e. The number of amidine groups is 1. The fourth-order valence-corrected chi connectivity index (χ4v) is 1.99. The zero-order valence-electron chi connectivity index (χ0n) is 9.59. The molecule has 2 nitrogen and oxygen atoms in total. The van der Waals surface area contributed by atoms with Gasteiger partial charge in [-0.05, 0) is 6.42 Å². The number of thioether (sulfide) groups is 1. The van der Waals surface area contributed by atoms with Gasteiger partial charge in [-0.1, -0.05) is 57.2 Å². The van der Waals surface area contributed by atoms with Gasteiger partial charge in [0.05, 0.1) is 0 Å². The fourth-order valence-electron chi connectivity index (χ4n) is 1.30. The first-order chi connectivity index (χ1) is 6.81. The minimum Gasteiger partial charge on any atom is -0.379 e. The van der Waals surface area contributed by atoms with Crippen molar-refractivity contribution in [1.29, 1.82) is 0 Å². The zero-order chi connectivity index (χ0) is 10.6. The van der Waals surface area contributed by atoms with Crippen LogP contribution in [0.3, 0.4) is 0 Å². The Morgan fingerprint density at radius 1 is 1.07 bits per heavy atom. The molecule has 0 saturated carbocycles. The highest BCUT2D eigenvalue weighted by Gasteiger charge is 1.93. The third-order valence-corrected chi connectivity index (χ3v) is 3.19. The molecule has 2 N–H and O–H groups in total. The van der Waals surface area contributed by atoms with Crippen molar-refractivity contribution in [3.05, 3.63) is 0 Å². The second-order valence-corrected chi connectivity index (χ2v) is 4.65. The molecule has 0 radical (unpaired) electrons. The van der Waals surface area contributed by atoms with E-state index in [0.717, 1.165) is 10.9 Å². The molecule has 0 rings (SSSR count). The topological polar surface area (TPSA) is 38.4 Å². The summed E-state index contributed by atoms with van der Waals surface area (Å²) in [6, 6.07) is 0. The predicted molar refractivity (Wildman–Crippen MR) is 68.0 cm³/mol. The van der Waals surface area contributed by atoms with E-state index in [2.05, 4.69) is 11.9 Å². The van der Waals surface area contributed by atoms with E-state index in [1.165, 1.54) is 44.9 Å². The Balaban J connectivity index is 2.99. The summed E-state index contributed by atoms with van der Waals surface area (Å²) in [5, 5.41) is 0.719. The van der Waals surface area contributed by atoms with Gasteiger partial charge in [0.2, 0.25) is 0 Å². The van der Waals surface area contributed by atoms with Crippen molar-refractivity contribution in [2.45, 2.75) is 51.9 Å². The molecule has 0 saturated heterocycles. The van der Waals surface area contributed by atoms with Gasteiger partial charge in [-0.3, -0.25) is 4.99 Å². The first-order valence-electron chi connectivity index (χ1n) is 5.66. The van der Waals surface area contributed by atoms with Crippen LogP contribution in [0.2, 0.25) is 0 Å². The Morgan fingerprint density at radius 3 is 2.21 bits per heavy atom. The second kappa shape index (κ2) is 10.9. The van der Waals surface area contributed by atoms with Crippen LogP contribution in [-0.4, -0.2) is 18.0 Å². The monoisotopic (exact) mass is 216 g/mol. The van der Waals surface area contributed by atoms with Crippen molar-refractivity contribution in [3.63, 3.8) is 0 Å². The van der Waals surface area contributed by atoms with E-state index in [4.69, 9.17) is 5.73 Å². The molecule has 0 aromatic carbocycles. The summed E-state index contributed by atoms with van der Waals surface area (Å²) < 4.78 is 0. The fraction of sp³-hybridized carbons (Fsp3) is 0.909. The first kappa shape index (κ1) is 13.8. The number of unbranched alkanes of at least 4 members (excludes halogenated alkanes) is 6. The Morgan fingerprint density at radius 2 is 1.64 bits per heavy atom. The van der Waals surface area contributed by atoms with Crippen LogP contribution in [0.4, 0.5) is 0 Å². The third kappa shape index (κ3) is 9.90. The summed E-state index contributed by atoms with van der Waals surface area (Å²) in [6.07, 6.45) is 9.52. The molecule has 0 atom stereocenters. The maximum absolute atomic E-state index is 5.57. The van der Waals surface area contributed by atoms with Crippen LogP contribution in [-0.2, 0) is 0 Å². The summed E-state index contributed by atoms with van der Waals surface area (Å²) in [7, 11) is 1.74. The van der Waals surface area contributed by atoms with Crippen molar-refractivity contribution in [3.8, 4) is 0 Å². The number of hydrogen-bond donors (Lipinski definition) is 1. The molecule has 0 bridgehead atoms. The lowest BCUT2D eigenvalue weighted by Gasteiger charge is -2.01. The molecule has 0 aromatic heterocycles. The lowest BCUT2D eigenvalue weighted by Crippen LogP contribution is -2.06. The van der Waals surface area contributed by atoms with E-state index < -0.39 is 0 Å². The minimum atomic E-state index is 0.719. The smallest absolute Gasteiger partial charge is 0.153 e. The minimum absolute atomic E-state index is 0.719. The van der Waals surface area contributed by atoms with Crippen LogP contribution in [0.25, 0.3) is 0 Å². The molecule has 0 aliphatic rings. The van der Waals surface area contributed by atoms with E-state index in [-0.39, 0.29) is 0 Å². The van der Waals surface area contributed by atoms with Crippen LogP contribution in [0, 0.1) is 0 Å². The van der Waals surface area contributed by atoms with Crippen LogP contribution >= 0.6 is 11.8 Å². The van der Waals surface area contributed by atoms with Gasteiger partial charge in [-0.2, -0.15) is 0 Å². The second-order valence-electron chi connectivity index (χ2n) is 3.53. The molecule has 0 aliphatic carbocycles. The van der Waals surface area contributed by atoms with Gasteiger partial charge in [0.15, 0.2) is 5.17 Å². The molecular formula is C11H24N2S. The Bertz CT molecular complexity index is 146. The van der Waals surface area contributed by atoms with Gasteiger partial charge in [-0.25, -0.2) is 0 Å². The molecular weight excluding hydrogens is 192 g/mol. The normalized spacial score (nSPS) is 12.0. The highest BCUT2D eigenvalue weighted by Crippen LogP contribution is 2.10. The average molecular weight is 216 g/mol. The van der Waals surface area contributed by atoms with E-state index in [1.54, 1.807) is 18.8 Å². The largest absolute Gasteiger partial charge is 0.379 e. The summed E-state index contributed by atoms with van der Waals surface area (Å²) in [4.78, 5) is 3.90. The molecule has 0 fully saturated rings. The highest BCUT2D eigenvalue weighted by atomic mass is 32.2. The molecule has 0 amide bonds. The number of aliphatic imine (C=N–C) groups is 1. The van der Waals surface area contributed by atoms with E-state index >= 15 is 0 Å². The predicted octanol–water partition coefficient (Wildman–Crippen LogP) is 3.41. The van der Waals surface area contributed by atoms with Crippen LogP contribution in [0.1, 0.15) is 51.9 Å². The summed E-state index contributed by atoms with van der Waals surface area (Å²) >= 11 is 1.67. The van der Waals surface area contributed by atoms with Crippen LogP contribution in [0.5, 0.6) is 0 Å². The van der Waals surface area contributed by atoms with Crippen molar-refractivity contribution in [2.75, 3.05) is 12.8 Å². The molecule has 0 aliphatic heterocycles. The maximum atomic E-state index is 5.57. The van der Waals surface area contributed by atoms with Gasteiger partial charge < -0.3 is 5.73 Å². The molecule has 0 heterocycles. The molecule has 0 spiro atoms. The Labute approximate surface area is 92.7 Å². The third-order valence-electron chi connectivity index (χ3n) is 2.22. The van der Waals surface area contributed by atoms with Crippen LogP contribution in [0.15, 0.2) is 4.99 Å². The highest BCUT2D eigenvalue weighted by molar-refractivity contribution is 8.13. The molecule has 84 valence electrons. The van der Waals surface area contributed by atoms with Crippen molar-refractivity contribution >= 4 is 16.9 Å². The molecule has 14 heavy (non-hydrogen) atoms. The standard InChI is InChI=1S/C11H24N2S/c1-3-4-5-6-7-8-9-10-14-11(12)13-2/h3-10H2,1-2H3,(H2,12,13). The van der Waals surface area contributed by atoms with Crippen molar-refractivity contribution in [1.82, 2.24) is 0 Å². The van der Waals surface area contributed by atoms with Crippen LogP contribution < -0.4 is 5.73 Å². The number of nitrogens with zero attached hydrogens (tertiary/aromatic N) is 1. The first-order valence-corrected chi connectivity index (χ1v) is 6.65. The van der Waals surface area contributed by atoms with Gasteiger partial charge in [0, 0.05) is 12.8 Å². The summed E-state index contributed by atoms with van der Waals surface area (Å²) in [5.74, 6) is 1.12. The van der Waals surface area contributed by atoms with Crippen molar-refractivity contribution < 1.29 is 0 Å². The van der Waals surface area contributed by atoms with E-state index in [9.17, 15) is 0 Å². The summed E-state index contributed by atoms with van der Waals surface area (Å²) in [5.41, 5.74) is 5.57. The summed E-state index contributed by atoms with van der Waals surface area (Å²) in [6.45, 7) is 2.25. The quantitative estimate of drug-likeness (QED) is 0.383. The SMILES string of the molecule is CCCCCCCCCSC(N)=NC. The van der Waals surface area contributed by atoms with Gasteiger partial charge in [0.25, 0.3) is 0 Å². The van der Waals surface area contributed by atoms with Crippen molar-refractivity contribution in [2.24, 2.45) is 10.7 Å². The Hall–Kier alpha value is -0.180. The number of hydrogen-bond acceptors (Lipinski definition) is 2.